The lowest BCUT2D eigenvalue weighted by atomic mass is 10.2. The van der Waals surface area contributed by atoms with E-state index >= 15 is 0 Å². The molecule has 0 aromatic carbocycles. The van der Waals surface area contributed by atoms with E-state index in [9.17, 15) is 4.79 Å². The molecule has 1 aliphatic rings. The number of hydrogen-bond acceptors (Lipinski definition) is 1. The van der Waals surface area contributed by atoms with Gasteiger partial charge in [0.1, 0.15) is 0 Å². The van der Waals surface area contributed by atoms with Crippen molar-refractivity contribution >= 4 is 5.91 Å². The van der Waals surface area contributed by atoms with E-state index in [-0.39, 0.29) is 5.91 Å². The van der Waals surface area contributed by atoms with E-state index in [1.165, 1.54) is 0 Å². The van der Waals surface area contributed by atoms with E-state index < -0.39 is 0 Å². The summed E-state index contributed by atoms with van der Waals surface area (Å²) in [6.07, 6.45) is 7.65. The Morgan fingerprint density at radius 1 is 1.67 bits per heavy atom. The minimum atomic E-state index is 0.207. The molecule has 1 aliphatic heterocycles. The molecule has 2 nitrogen and oxygen atoms in total. The Balaban J connectivity index is 2.52. The molecule has 0 saturated carbocycles. The number of allylic oxidation sites excluding steroid dienone is 1. The Bertz CT molecular complexity index is 186. The second kappa shape index (κ2) is 4.29. The average molecular weight is 167 g/mol. The van der Waals surface area contributed by atoms with Gasteiger partial charge in [0.25, 0.3) is 0 Å². The van der Waals surface area contributed by atoms with Crippen LogP contribution in [0.2, 0.25) is 0 Å². The fraction of sp³-hybridized carbons (Fsp3) is 0.700. The third kappa shape index (κ3) is 2.10. The number of amides is 1. The summed E-state index contributed by atoms with van der Waals surface area (Å²) in [5.74, 6) is 0.207. The van der Waals surface area contributed by atoms with E-state index in [0.29, 0.717) is 6.04 Å². The summed E-state index contributed by atoms with van der Waals surface area (Å²) >= 11 is 0. The average Bonchev–Trinajstić information content (AvgIpc) is 2.48. The molecule has 0 bridgehead atoms. The zero-order chi connectivity index (χ0) is 8.97. The molecule has 68 valence electrons. The van der Waals surface area contributed by atoms with Crippen LogP contribution in [0.25, 0.3) is 0 Å². The molecule has 0 unspecified atom stereocenters. The summed E-state index contributed by atoms with van der Waals surface area (Å²) in [6.45, 7) is 4.70. The van der Waals surface area contributed by atoms with Crippen LogP contribution >= 0.6 is 0 Å². The first-order chi connectivity index (χ1) is 5.75. The molecule has 12 heavy (non-hydrogen) atoms. The van der Waals surface area contributed by atoms with E-state index in [1.807, 2.05) is 4.90 Å². The lowest BCUT2D eigenvalue weighted by molar-refractivity contribution is -0.128. The molecule has 1 fully saturated rings. The van der Waals surface area contributed by atoms with Crippen molar-refractivity contribution in [3.63, 3.8) is 0 Å². The SMILES string of the molecule is CC/C=C/[C@@H]1CCCN1C(C)=O. The van der Waals surface area contributed by atoms with E-state index in [0.717, 1.165) is 25.8 Å². The Hall–Kier alpha value is -0.790. The molecule has 1 heterocycles. The van der Waals surface area contributed by atoms with Crippen LogP contribution < -0.4 is 0 Å². The molecular weight excluding hydrogens is 150 g/mol. The monoisotopic (exact) mass is 167 g/mol. The van der Waals surface area contributed by atoms with Crippen molar-refractivity contribution in [2.75, 3.05) is 6.54 Å². The lowest BCUT2D eigenvalue weighted by Gasteiger charge is -2.19. The first-order valence-corrected chi connectivity index (χ1v) is 4.69. The molecular formula is C10H17NO. The van der Waals surface area contributed by atoms with Crippen LogP contribution in [0.1, 0.15) is 33.1 Å². The minimum absolute atomic E-state index is 0.207. The van der Waals surface area contributed by atoms with Gasteiger partial charge in [-0.3, -0.25) is 4.79 Å². The number of rotatable bonds is 2. The van der Waals surface area contributed by atoms with Crippen molar-refractivity contribution in [1.29, 1.82) is 0 Å². The van der Waals surface area contributed by atoms with Crippen LogP contribution in [-0.4, -0.2) is 23.4 Å². The summed E-state index contributed by atoms with van der Waals surface area (Å²) < 4.78 is 0. The Labute approximate surface area is 74.2 Å². The van der Waals surface area contributed by atoms with E-state index in [2.05, 4.69) is 19.1 Å². The maximum atomic E-state index is 11.1. The van der Waals surface area contributed by atoms with E-state index in [1.54, 1.807) is 6.92 Å². The number of hydrogen-bond donors (Lipinski definition) is 0. The third-order valence-electron chi connectivity index (χ3n) is 2.30. The zero-order valence-electron chi connectivity index (χ0n) is 7.92. The van der Waals surface area contributed by atoms with Gasteiger partial charge in [-0.05, 0) is 19.3 Å². The number of carbonyl (C=O) groups excluding carboxylic acids is 1. The van der Waals surface area contributed by atoms with E-state index in [4.69, 9.17) is 0 Å². The summed E-state index contributed by atoms with van der Waals surface area (Å²) in [5.41, 5.74) is 0. The topological polar surface area (TPSA) is 20.3 Å². The van der Waals surface area contributed by atoms with Crippen molar-refractivity contribution < 1.29 is 4.79 Å². The standard InChI is InChI=1S/C10H17NO/c1-3-4-6-10-7-5-8-11(10)9(2)12/h4,6,10H,3,5,7-8H2,1-2H3/b6-4+/t10-/m1/s1. The van der Waals surface area contributed by atoms with Gasteiger partial charge < -0.3 is 4.90 Å². The van der Waals surface area contributed by atoms with Crippen molar-refractivity contribution in [3.8, 4) is 0 Å². The minimum Gasteiger partial charge on any atom is -0.337 e. The molecule has 0 spiro atoms. The molecule has 0 N–H and O–H groups in total. The van der Waals surface area contributed by atoms with Gasteiger partial charge in [-0.1, -0.05) is 19.1 Å². The zero-order valence-corrected chi connectivity index (χ0v) is 7.92. The van der Waals surface area contributed by atoms with Crippen LogP contribution in [0.4, 0.5) is 0 Å². The predicted molar refractivity (Wildman–Crippen MR) is 49.8 cm³/mol. The molecule has 0 aliphatic carbocycles. The Morgan fingerprint density at radius 3 is 3.00 bits per heavy atom. The first kappa shape index (κ1) is 9.30. The molecule has 0 radical (unpaired) electrons. The maximum Gasteiger partial charge on any atom is 0.219 e. The molecule has 1 saturated heterocycles. The van der Waals surface area contributed by atoms with Crippen molar-refractivity contribution in [2.45, 2.75) is 39.2 Å². The fourth-order valence-corrected chi connectivity index (χ4v) is 1.68. The van der Waals surface area contributed by atoms with Gasteiger partial charge in [0.05, 0.1) is 0 Å². The van der Waals surface area contributed by atoms with Crippen LogP contribution in [0.5, 0.6) is 0 Å². The quantitative estimate of drug-likeness (QED) is 0.576. The highest BCUT2D eigenvalue weighted by Crippen LogP contribution is 2.18. The summed E-state index contributed by atoms with van der Waals surface area (Å²) in [6, 6.07) is 0.377. The number of carbonyl (C=O) groups is 1. The predicted octanol–water partition coefficient (Wildman–Crippen LogP) is 1.96. The van der Waals surface area contributed by atoms with Gasteiger partial charge in [0.2, 0.25) is 5.91 Å². The van der Waals surface area contributed by atoms with Gasteiger partial charge >= 0.3 is 0 Å². The largest absolute Gasteiger partial charge is 0.337 e. The highest BCUT2D eigenvalue weighted by molar-refractivity contribution is 5.74. The van der Waals surface area contributed by atoms with Gasteiger partial charge in [0.15, 0.2) is 0 Å². The fourth-order valence-electron chi connectivity index (χ4n) is 1.68. The van der Waals surface area contributed by atoms with Crippen LogP contribution in [0, 0.1) is 0 Å². The van der Waals surface area contributed by atoms with Crippen LogP contribution in [0.15, 0.2) is 12.2 Å². The summed E-state index contributed by atoms with van der Waals surface area (Å²) in [7, 11) is 0. The van der Waals surface area contributed by atoms with Gasteiger partial charge in [-0.15, -0.1) is 0 Å². The maximum absolute atomic E-state index is 11.1. The lowest BCUT2D eigenvalue weighted by Crippen LogP contribution is -2.32. The highest BCUT2D eigenvalue weighted by Gasteiger charge is 2.23. The molecule has 0 aromatic heterocycles. The number of likely N-dealkylation sites (tertiary alicyclic amines) is 1. The second-order valence-corrected chi connectivity index (χ2v) is 3.26. The van der Waals surface area contributed by atoms with Crippen LogP contribution in [0.3, 0.4) is 0 Å². The molecule has 1 atom stereocenters. The molecule has 0 aromatic rings. The van der Waals surface area contributed by atoms with Crippen molar-refractivity contribution in [3.05, 3.63) is 12.2 Å². The normalized spacial score (nSPS) is 23.8. The smallest absolute Gasteiger partial charge is 0.219 e. The second-order valence-electron chi connectivity index (χ2n) is 3.26. The third-order valence-corrected chi connectivity index (χ3v) is 2.30. The highest BCUT2D eigenvalue weighted by atomic mass is 16.2. The van der Waals surface area contributed by atoms with Gasteiger partial charge in [-0.2, -0.15) is 0 Å². The van der Waals surface area contributed by atoms with Gasteiger partial charge in [-0.25, -0.2) is 0 Å². The molecule has 1 rings (SSSR count). The van der Waals surface area contributed by atoms with Crippen molar-refractivity contribution in [2.24, 2.45) is 0 Å². The summed E-state index contributed by atoms with van der Waals surface area (Å²) in [5, 5.41) is 0. The number of nitrogens with zero attached hydrogens (tertiary/aromatic N) is 1. The van der Waals surface area contributed by atoms with Crippen LogP contribution in [-0.2, 0) is 4.79 Å². The Kier molecular flexibility index (Phi) is 3.32. The van der Waals surface area contributed by atoms with Gasteiger partial charge in [0, 0.05) is 19.5 Å². The Morgan fingerprint density at radius 2 is 2.42 bits per heavy atom. The van der Waals surface area contributed by atoms with Crippen molar-refractivity contribution in [1.82, 2.24) is 4.90 Å². The molecule has 2 heteroatoms. The first-order valence-electron chi connectivity index (χ1n) is 4.69. The summed E-state index contributed by atoms with van der Waals surface area (Å²) in [4.78, 5) is 13.1. The molecule has 1 amide bonds.